The fourth-order valence-corrected chi connectivity index (χ4v) is 4.54. The van der Waals surface area contributed by atoms with Gasteiger partial charge in [-0.2, -0.15) is 0 Å². The first-order chi connectivity index (χ1) is 9.91. The molecule has 2 fully saturated rings. The van der Waals surface area contributed by atoms with Crippen molar-refractivity contribution in [3.8, 4) is 0 Å². The van der Waals surface area contributed by atoms with E-state index in [0.717, 1.165) is 6.42 Å². The average molecular weight is 328 g/mol. The zero-order chi connectivity index (χ0) is 18.3. The molecule has 0 amide bonds. The predicted octanol–water partition coefficient (Wildman–Crippen LogP) is 3.70. The highest BCUT2D eigenvalue weighted by molar-refractivity contribution is 5.15. The summed E-state index contributed by atoms with van der Waals surface area (Å²) in [6.07, 6.45) is -0.567. The molecule has 2 N–H and O–H groups in total. The minimum atomic E-state index is -1.47. The molecule has 0 bridgehead atoms. The second-order valence-electron chi connectivity index (χ2n) is 11.0. The third-order valence-corrected chi connectivity index (χ3v) is 5.76. The Labute approximate surface area is 141 Å². The maximum absolute atomic E-state index is 11.5. The van der Waals surface area contributed by atoms with E-state index in [-0.39, 0.29) is 10.8 Å². The summed E-state index contributed by atoms with van der Waals surface area (Å²) >= 11 is 0. The van der Waals surface area contributed by atoms with Crippen LogP contribution in [0.25, 0.3) is 0 Å². The second-order valence-corrected chi connectivity index (χ2v) is 11.0. The molecule has 1 saturated heterocycles. The smallest absolute Gasteiger partial charge is 0.203 e. The molecule has 23 heavy (non-hydrogen) atoms. The maximum atomic E-state index is 11.5. The molecule has 1 spiro atoms. The Balaban J connectivity index is 2.61. The maximum Gasteiger partial charge on any atom is 0.203 e. The summed E-state index contributed by atoms with van der Waals surface area (Å²) in [7, 11) is 0. The first kappa shape index (κ1) is 19.2. The molecule has 0 aromatic carbocycles. The van der Waals surface area contributed by atoms with Gasteiger partial charge in [0.15, 0.2) is 0 Å². The van der Waals surface area contributed by atoms with Crippen LogP contribution in [0, 0.1) is 21.7 Å². The molecular weight excluding hydrogens is 292 g/mol. The Kier molecular flexibility index (Phi) is 3.93. The number of hydrogen-bond acceptors (Lipinski definition) is 4. The molecule has 1 heterocycles. The van der Waals surface area contributed by atoms with E-state index < -0.39 is 34.6 Å². The van der Waals surface area contributed by atoms with Crippen molar-refractivity contribution in [1.82, 2.24) is 0 Å². The molecular formula is C19H36O4. The van der Waals surface area contributed by atoms with Crippen LogP contribution < -0.4 is 0 Å². The van der Waals surface area contributed by atoms with Crippen molar-refractivity contribution in [3.63, 3.8) is 0 Å². The summed E-state index contributed by atoms with van der Waals surface area (Å²) in [5.74, 6) is -2.67. The molecule has 4 atom stereocenters. The van der Waals surface area contributed by atoms with Gasteiger partial charge in [0.25, 0.3) is 0 Å². The molecule has 0 aromatic heterocycles. The Morgan fingerprint density at radius 1 is 0.957 bits per heavy atom. The Bertz CT molecular complexity index is 483. The molecule has 1 aliphatic carbocycles. The summed E-state index contributed by atoms with van der Waals surface area (Å²) in [5.41, 5.74) is -1.62. The van der Waals surface area contributed by atoms with E-state index in [9.17, 15) is 10.2 Å². The fraction of sp³-hybridized carbons (Fsp3) is 1.00. The van der Waals surface area contributed by atoms with E-state index >= 15 is 0 Å². The highest BCUT2D eigenvalue weighted by Gasteiger charge is 2.75. The van der Waals surface area contributed by atoms with Crippen LogP contribution in [0.4, 0.5) is 0 Å². The lowest BCUT2D eigenvalue weighted by Crippen LogP contribution is -2.56. The summed E-state index contributed by atoms with van der Waals surface area (Å²) in [4.78, 5) is 0. The molecule has 4 unspecified atom stereocenters. The zero-order valence-electron chi connectivity index (χ0n) is 16.6. The van der Waals surface area contributed by atoms with Crippen molar-refractivity contribution in [2.45, 2.75) is 99.4 Å². The lowest BCUT2D eigenvalue weighted by molar-refractivity contribution is -0.331. The van der Waals surface area contributed by atoms with Crippen molar-refractivity contribution in [3.05, 3.63) is 0 Å². The third kappa shape index (κ3) is 2.48. The summed E-state index contributed by atoms with van der Waals surface area (Å²) < 4.78 is 12.8. The minimum absolute atomic E-state index is 0.325. The average Bonchev–Trinajstić information content (AvgIpc) is 2.67. The van der Waals surface area contributed by atoms with Crippen LogP contribution in [0.15, 0.2) is 0 Å². The van der Waals surface area contributed by atoms with Crippen LogP contribution in [-0.2, 0) is 9.47 Å². The number of rotatable bonds is 0. The molecule has 0 aromatic rings. The van der Waals surface area contributed by atoms with Gasteiger partial charge in [0.1, 0.15) is 12.2 Å². The van der Waals surface area contributed by atoms with E-state index in [0.29, 0.717) is 0 Å². The fourth-order valence-electron chi connectivity index (χ4n) is 4.54. The van der Waals surface area contributed by atoms with Crippen molar-refractivity contribution >= 4 is 0 Å². The largest absolute Gasteiger partial charge is 0.387 e. The van der Waals surface area contributed by atoms with Crippen LogP contribution in [0.1, 0.15) is 75.7 Å². The van der Waals surface area contributed by atoms with Gasteiger partial charge in [0.05, 0.1) is 0 Å². The van der Waals surface area contributed by atoms with Crippen LogP contribution in [-0.4, -0.2) is 34.0 Å². The van der Waals surface area contributed by atoms with Gasteiger partial charge in [-0.05, 0) is 17.3 Å². The van der Waals surface area contributed by atoms with Crippen LogP contribution >= 0.6 is 0 Å². The summed E-state index contributed by atoms with van der Waals surface area (Å²) in [6.45, 7) is 20.1. The molecule has 1 aliphatic heterocycles. The highest BCUT2D eigenvalue weighted by Crippen LogP contribution is 2.64. The summed E-state index contributed by atoms with van der Waals surface area (Å²) in [6, 6.07) is 0. The number of aliphatic hydroxyl groups excluding tert-OH is 1. The number of hydrogen-bond donors (Lipinski definition) is 2. The topological polar surface area (TPSA) is 58.9 Å². The monoisotopic (exact) mass is 328 g/mol. The highest BCUT2D eigenvalue weighted by atomic mass is 16.8. The Morgan fingerprint density at radius 2 is 1.43 bits per heavy atom. The lowest BCUT2D eigenvalue weighted by Gasteiger charge is -2.44. The molecule has 2 aliphatic rings. The third-order valence-electron chi connectivity index (χ3n) is 5.76. The molecule has 0 radical (unpaired) electrons. The second kappa shape index (κ2) is 4.72. The van der Waals surface area contributed by atoms with Crippen molar-refractivity contribution < 1.29 is 19.7 Å². The normalized spacial score (nSPS) is 43.3. The molecule has 136 valence electrons. The van der Waals surface area contributed by atoms with Gasteiger partial charge in [0, 0.05) is 10.8 Å². The standard InChI is InChI=1S/C19H36O4/c1-14(2,3)13-18(21,15(4,5)6)23-19(22-13)12(20)16(7,8)11-17(19,9)10/h12-13,20-21H,11H2,1-10H3. The van der Waals surface area contributed by atoms with Crippen molar-refractivity contribution in [2.24, 2.45) is 21.7 Å². The van der Waals surface area contributed by atoms with Crippen molar-refractivity contribution in [2.75, 3.05) is 0 Å². The van der Waals surface area contributed by atoms with E-state index in [1.165, 1.54) is 0 Å². The van der Waals surface area contributed by atoms with E-state index in [4.69, 9.17) is 9.47 Å². The number of ether oxygens (including phenoxy) is 2. The van der Waals surface area contributed by atoms with E-state index in [2.05, 4.69) is 13.8 Å². The first-order valence-electron chi connectivity index (χ1n) is 8.69. The zero-order valence-corrected chi connectivity index (χ0v) is 16.6. The first-order valence-corrected chi connectivity index (χ1v) is 8.69. The Morgan fingerprint density at radius 3 is 1.70 bits per heavy atom. The predicted molar refractivity (Wildman–Crippen MR) is 90.7 cm³/mol. The van der Waals surface area contributed by atoms with Crippen molar-refractivity contribution in [1.29, 1.82) is 0 Å². The van der Waals surface area contributed by atoms with Gasteiger partial charge < -0.3 is 19.7 Å². The minimum Gasteiger partial charge on any atom is -0.387 e. The van der Waals surface area contributed by atoms with Crippen LogP contribution in [0.3, 0.4) is 0 Å². The van der Waals surface area contributed by atoms with Crippen LogP contribution in [0.2, 0.25) is 0 Å². The quantitative estimate of drug-likeness (QED) is 0.712. The van der Waals surface area contributed by atoms with Gasteiger partial charge in [0.2, 0.25) is 11.6 Å². The van der Waals surface area contributed by atoms with Gasteiger partial charge in [-0.1, -0.05) is 69.2 Å². The van der Waals surface area contributed by atoms with Gasteiger partial charge in [-0.25, -0.2) is 0 Å². The van der Waals surface area contributed by atoms with Gasteiger partial charge in [-0.15, -0.1) is 0 Å². The van der Waals surface area contributed by atoms with Crippen LogP contribution in [0.5, 0.6) is 0 Å². The van der Waals surface area contributed by atoms with Gasteiger partial charge >= 0.3 is 0 Å². The van der Waals surface area contributed by atoms with E-state index in [1.807, 2.05) is 55.4 Å². The Hall–Kier alpha value is -0.160. The molecule has 4 heteroatoms. The SMILES string of the molecule is CC(C)(C)C1OC2(OC1(O)C(C)(C)C)C(O)C(C)(C)CC2(C)C. The number of aliphatic hydroxyl groups is 2. The van der Waals surface area contributed by atoms with E-state index in [1.54, 1.807) is 0 Å². The molecule has 1 saturated carbocycles. The molecule has 4 nitrogen and oxygen atoms in total. The van der Waals surface area contributed by atoms with Gasteiger partial charge in [-0.3, -0.25) is 0 Å². The molecule has 2 rings (SSSR count). The lowest BCUT2D eigenvalue weighted by atomic mass is 9.73. The summed E-state index contributed by atoms with van der Waals surface area (Å²) in [5, 5.41) is 22.6.